The number of carbonyl (C=O) groups is 2. The molecule has 1 aromatic carbocycles. The molecule has 0 saturated carbocycles. The van der Waals surface area contributed by atoms with Crippen LogP contribution < -0.4 is 5.32 Å². The van der Waals surface area contributed by atoms with Gasteiger partial charge in [-0.1, -0.05) is 39.0 Å². The molecule has 4 heterocycles. The van der Waals surface area contributed by atoms with E-state index < -0.39 is 54.0 Å². The number of ether oxygens (including phenoxy) is 3. The molecule has 5 rings (SSSR count). The molecule has 3 saturated heterocycles. The summed E-state index contributed by atoms with van der Waals surface area (Å²) in [6.07, 6.45) is -0.518. The molecule has 2 aromatic rings. The number of H-pyrrole nitrogens is 1. The Kier molecular flexibility index (Phi) is 10.8. The van der Waals surface area contributed by atoms with Crippen molar-refractivity contribution < 1.29 is 34.0 Å². The van der Waals surface area contributed by atoms with Gasteiger partial charge >= 0.3 is 0 Å². The van der Waals surface area contributed by atoms with Crippen molar-refractivity contribution in [2.24, 2.45) is 22.7 Å². The van der Waals surface area contributed by atoms with E-state index in [2.05, 4.69) is 15.3 Å². The molecule has 3 aliphatic rings. The molecule has 3 fully saturated rings. The molecule has 0 unspecified atom stereocenters. The summed E-state index contributed by atoms with van der Waals surface area (Å²) in [6, 6.07) is 7.50. The largest absolute Gasteiger partial charge is 0.454 e. The number of hydrogen-bond acceptors (Lipinski definition) is 8. The van der Waals surface area contributed by atoms with E-state index in [0.29, 0.717) is 19.0 Å². The number of aliphatic hydroxyl groups is 2. The van der Waals surface area contributed by atoms with Crippen LogP contribution >= 0.6 is 0 Å². The molecule has 0 spiro atoms. The third-order valence-corrected chi connectivity index (χ3v) is 10.3. The molecular weight excluding hydrogens is 614 g/mol. The Labute approximate surface area is 284 Å². The molecular formula is C36H55N5O7. The number of nitrogens with zero attached hydrogens (tertiary/aromatic N) is 3. The van der Waals surface area contributed by atoms with Crippen LogP contribution in [-0.4, -0.2) is 118 Å². The number of aromatic nitrogens is 1. The van der Waals surface area contributed by atoms with Gasteiger partial charge in [0.1, 0.15) is 6.04 Å². The molecule has 11 atom stereocenters. The van der Waals surface area contributed by atoms with Crippen molar-refractivity contribution in [1.82, 2.24) is 20.1 Å². The van der Waals surface area contributed by atoms with E-state index in [0.717, 1.165) is 16.5 Å². The van der Waals surface area contributed by atoms with Crippen LogP contribution in [0.5, 0.6) is 0 Å². The molecule has 12 nitrogen and oxygen atoms in total. The number of hydrogen-bond donors (Lipinski definition) is 4. The zero-order valence-corrected chi connectivity index (χ0v) is 29.8. The van der Waals surface area contributed by atoms with Crippen LogP contribution in [0.25, 0.3) is 10.9 Å². The fourth-order valence-electron chi connectivity index (χ4n) is 7.83. The van der Waals surface area contributed by atoms with Crippen LogP contribution in [0.15, 0.2) is 35.5 Å². The lowest BCUT2D eigenvalue weighted by Gasteiger charge is -2.45. The number of rotatable bonds is 5. The number of carbonyl (C=O) groups excluding carboxylic acids is 2. The minimum absolute atomic E-state index is 0.0349. The number of nitrogens with one attached hydrogen (secondary N) is 2. The molecule has 0 bridgehead atoms. The monoisotopic (exact) mass is 669 g/mol. The average Bonchev–Trinajstić information content (AvgIpc) is 3.56. The normalized spacial score (nSPS) is 38.0. The first-order valence-corrected chi connectivity index (χ1v) is 17.4. The first kappa shape index (κ1) is 36.1. The SMILES string of the molecule is CC(C)N=C1O[C@H]2[C@H](O[C@@H]3[C@@H](C)[C@H](O)[C@@H](C)C(=O)N[C@@H](Cc4c[nH]c5ccccc45)C(=O)N(C)C[C@H](C)C[C@@]3(C)O)O[C@H](C)C[C@@H]2N1C. The maximum absolute atomic E-state index is 13.9. The Morgan fingerprint density at radius 1 is 1.15 bits per heavy atom. The Hall–Kier alpha value is -3.19. The van der Waals surface area contributed by atoms with Gasteiger partial charge in [0.15, 0.2) is 12.4 Å². The molecule has 4 N–H and O–H groups in total. The first-order chi connectivity index (χ1) is 22.6. The van der Waals surface area contributed by atoms with Gasteiger partial charge in [-0.15, -0.1) is 0 Å². The fraction of sp³-hybridized carbons (Fsp3) is 0.694. The van der Waals surface area contributed by atoms with E-state index in [1.165, 1.54) is 0 Å². The number of benzene rings is 1. The molecule has 0 radical (unpaired) electrons. The molecule has 0 aliphatic carbocycles. The van der Waals surface area contributed by atoms with Gasteiger partial charge < -0.3 is 44.5 Å². The third kappa shape index (κ3) is 7.51. The van der Waals surface area contributed by atoms with E-state index in [4.69, 9.17) is 14.2 Å². The van der Waals surface area contributed by atoms with Crippen molar-refractivity contribution in [3.8, 4) is 0 Å². The van der Waals surface area contributed by atoms with Crippen molar-refractivity contribution in [2.75, 3.05) is 20.6 Å². The summed E-state index contributed by atoms with van der Waals surface area (Å²) < 4.78 is 19.3. The second-order valence-corrected chi connectivity index (χ2v) is 15.0. The summed E-state index contributed by atoms with van der Waals surface area (Å²) in [5.41, 5.74) is 0.398. The number of amidine groups is 1. The highest BCUT2D eigenvalue weighted by Gasteiger charge is 2.52. The van der Waals surface area contributed by atoms with Crippen LogP contribution in [-0.2, 0) is 30.2 Å². The highest BCUT2D eigenvalue weighted by Crippen LogP contribution is 2.38. The van der Waals surface area contributed by atoms with Gasteiger partial charge in [-0.3, -0.25) is 9.59 Å². The average molecular weight is 670 g/mol. The lowest BCUT2D eigenvalue weighted by atomic mass is 9.78. The zero-order valence-electron chi connectivity index (χ0n) is 29.8. The summed E-state index contributed by atoms with van der Waals surface area (Å²) >= 11 is 0. The van der Waals surface area contributed by atoms with Gasteiger partial charge in [0.05, 0.1) is 35.9 Å². The Morgan fingerprint density at radius 3 is 2.56 bits per heavy atom. The summed E-state index contributed by atoms with van der Waals surface area (Å²) in [4.78, 5) is 39.2. The predicted octanol–water partition coefficient (Wildman–Crippen LogP) is 3.06. The van der Waals surface area contributed by atoms with Crippen LogP contribution in [0.3, 0.4) is 0 Å². The molecule has 2 amide bonds. The van der Waals surface area contributed by atoms with Crippen molar-refractivity contribution >= 4 is 28.7 Å². The minimum Gasteiger partial charge on any atom is -0.454 e. The van der Waals surface area contributed by atoms with Gasteiger partial charge in [0.25, 0.3) is 6.02 Å². The second kappa shape index (κ2) is 14.3. The smallest absolute Gasteiger partial charge is 0.288 e. The van der Waals surface area contributed by atoms with Gasteiger partial charge in [-0.25, -0.2) is 4.99 Å². The van der Waals surface area contributed by atoms with Crippen LogP contribution in [0.1, 0.15) is 66.9 Å². The molecule has 266 valence electrons. The standard InChI is InChI=1S/C36H55N5O7/c1-19(2)38-35-41(9)28-14-21(4)46-34(30(28)47-35)48-31-22(5)29(42)23(6)32(43)39-27(15-24-17-37-26-13-11-10-12-25(24)26)33(44)40(8)18-20(3)16-36(31,7)45/h10-13,17,19-23,27-31,34,37,42,45H,14-16,18H2,1-9H3,(H,39,43)/t20-,21-,22+,23-,27+,28+,29+,30-,31-,34+,36-/m1/s1. The summed E-state index contributed by atoms with van der Waals surface area (Å²) in [5.74, 6) is -2.45. The fourth-order valence-corrected chi connectivity index (χ4v) is 7.83. The van der Waals surface area contributed by atoms with Gasteiger partial charge in [-0.2, -0.15) is 0 Å². The lowest BCUT2D eigenvalue weighted by Crippen LogP contribution is -2.57. The number of fused-ring (bicyclic) bond motifs is 2. The first-order valence-electron chi connectivity index (χ1n) is 17.4. The quantitative estimate of drug-likeness (QED) is 0.380. The second-order valence-electron chi connectivity index (χ2n) is 15.0. The topological polar surface area (TPSA) is 149 Å². The maximum Gasteiger partial charge on any atom is 0.288 e. The third-order valence-electron chi connectivity index (χ3n) is 10.3. The Balaban J connectivity index is 1.43. The van der Waals surface area contributed by atoms with Crippen LogP contribution in [0.4, 0.5) is 0 Å². The molecule has 3 aliphatic heterocycles. The van der Waals surface area contributed by atoms with E-state index in [1.54, 1.807) is 32.7 Å². The molecule has 1 aromatic heterocycles. The number of aromatic amines is 1. The van der Waals surface area contributed by atoms with Gasteiger partial charge in [0, 0.05) is 56.1 Å². The minimum atomic E-state index is -1.46. The van der Waals surface area contributed by atoms with Crippen LogP contribution in [0, 0.1) is 17.8 Å². The number of para-hydroxylation sites is 1. The number of amides is 2. The van der Waals surface area contributed by atoms with Crippen LogP contribution in [0.2, 0.25) is 0 Å². The Bertz CT molecular complexity index is 1480. The number of aliphatic hydroxyl groups excluding tert-OH is 1. The highest BCUT2D eigenvalue weighted by atomic mass is 16.7. The van der Waals surface area contributed by atoms with E-state index in [9.17, 15) is 19.8 Å². The summed E-state index contributed by atoms with van der Waals surface area (Å²) in [6.45, 7) is 13.4. The summed E-state index contributed by atoms with van der Waals surface area (Å²) in [5, 5.41) is 27.8. The van der Waals surface area contributed by atoms with Crippen molar-refractivity contribution in [3.63, 3.8) is 0 Å². The molecule has 48 heavy (non-hydrogen) atoms. The van der Waals surface area contributed by atoms with Crippen molar-refractivity contribution in [3.05, 3.63) is 36.0 Å². The van der Waals surface area contributed by atoms with Gasteiger partial charge in [-0.05, 0) is 58.1 Å². The highest BCUT2D eigenvalue weighted by molar-refractivity contribution is 5.90. The lowest BCUT2D eigenvalue weighted by molar-refractivity contribution is -0.288. The van der Waals surface area contributed by atoms with E-state index in [1.807, 2.05) is 70.1 Å². The Morgan fingerprint density at radius 2 is 1.85 bits per heavy atom. The maximum atomic E-state index is 13.9. The van der Waals surface area contributed by atoms with Crippen molar-refractivity contribution in [2.45, 2.75) is 122 Å². The van der Waals surface area contributed by atoms with E-state index >= 15 is 0 Å². The van der Waals surface area contributed by atoms with E-state index in [-0.39, 0.29) is 42.9 Å². The number of likely N-dealkylation sites (N-methyl/N-ethyl adjacent to an activating group) is 2. The predicted molar refractivity (Wildman–Crippen MR) is 183 cm³/mol. The zero-order chi connectivity index (χ0) is 35.1. The number of aliphatic imine (C=N–C) groups is 1. The van der Waals surface area contributed by atoms with Gasteiger partial charge in [0.2, 0.25) is 11.8 Å². The molecule has 12 heteroatoms. The van der Waals surface area contributed by atoms with Crippen molar-refractivity contribution in [1.29, 1.82) is 0 Å². The summed E-state index contributed by atoms with van der Waals surface area (Å²) in [7, 11) is 3.67.